The van der Waals surface area contributed by atoms with Gasteiger partial charge in [-0.05, 0) is 35.6 Å². The zero-order valence-corrected chi connectivity index (χ0v) is 12.5. The lowest BCUT2D eigenvalue weighted by atomic mass is 10.2. The molecule has 108 valence electrons. The van der Waals surface area contributed by atoms with E-state index < -0.39 is 20.7 Å². The van der Waals surface area contributed by atoms with Crippen LogP contribution in [0.2, 0.25) is 0 Å². The first-order valence-corrected chi connectivity index (χ1v) is 8.66. The molecule has 1 rings (SSSR count). The van der Waals surface area contributed by atoms with Gasteiger partial charge >= 0.3 is 0 Å². The average Bonchev–Trinajstić information content (AvgIpc) is 2.37. The number of hydrogen-bond acceptors (Lipinski definition) is 4. The molecule has 0 radical (unpaired) electrons. The van der Waals surface area contributed by atoms with Crippen LogP contribution in [0.5, 0.6) is 0 Å². The van der Waals surface area contributed by atoms with E-state index in [1.807, 2.05) is 13.2 Å². The first-order chi connectivity index (χ1) is 8.90. The summed E-state index contributed by atoms with van der Waals surface area (Å²) in [4.78, 5) is -0.421. The number of nitrogens with one attached hydrogen (secondary N) is 1. The molecule has 19 heavy (non-hydrogen) atoms. The van der Waals surface area contributed by atoms with E-state index in [0.717, 1.165) is 17.9 Å². The maximum atomic E-state index is 13.6. The second-order valence-electron chi connectivity index (χ2n) is 4.34. The first-order valence-electron chi connectivity index (χ1n) is 5.78. The minimum absolute atomic E-state index is 0.161. The lowest BCUT2D eigenvalue weighted by Gasteiger charge is -2.12. The van der Waals surface area contributed by atoms with Gasteiger partial charge in [-0.15, -0.1) is 0 Å². The number of hydrogen-bond donors (Lipinski definition) is 2. The minimum Gasteiger partial charge on any atom is -0.392 e. The Hall–Kier alpha value is -0.630. The van der Waals surface area contributed by atoms with Crippen molar-refractivity contribution in [1.82, 2.24) is 4.72 Å². The maximum Gasteiger partial charge on any atom is 0.243 e. The summed E-state index contributed by atoms with van der Waals surface area (Å²) in [6.07, 6.45) is 1.94. The van der Waals surface area contributed by atoms with Crippen molar-refractivity contribution in [3.63, 3.8) is 0 Å². The number of benzene rings is 1. The molecule has 0 aliphatic rings. The fourth-order valence-corrected chi connectivity index (χ4v) is 3.50. The Balaban J connectivity index is 2.88. The van der Waals surface area contributed by atoms with Gasteiger partial charge in [-0.25, -0.2) is 17.5 Å². The summed E-state index contributed by atoms with van der Waals surface area (Å²) in [5.74, 6) is 0.165. The number of aliphatic hydroxyl groups is 1. The van der Waals surface area contributed by atoms with E-state index in [9.17, 15) is 12.8 Å². The standard InChI is InChI=1S/C12H18FNO3S2/c1-9(8-18-2)6-14-19(16,17)12-5-10(7-15)3-4-11(12)13/h3-5,9,14-15H,6-8H2,1-2H3. The summed E-state index contributed by atoms with van der Waals surface area (Å²) in [6, 6.07) is 3.55. The quantitative estimate of drug-likeness (QED) is 0.803. The highest BCUT2D eigenvalue weighted by Gasteiger charge is 2.20. The van der Waals surface area contributed by atoms with Crippen LogP contribution in [0.25, 0.3) is 0 Å². The van der Waals surface area contributed by atoms with Crippen LogP contribution < -0.4 is 4.72 Å². The second-order valence-corrected chi connectivity index (χ2v) is 6.98. The van der Waals surface area contributed by atoms with Gasteiger partial charge in [0, 0.05) is 6.54 Å². The molecule has 1 unspecified atom stereocenters. The third-order valence-electron chi connectivity index (χ3n) is 2.54. The highest BCUT2D eigenvalue weighted by atomic mass is 32.2. The molecule has 0 spiro atoms. The molecule has 0 bridgehead atoms. The van der Waals surface area contributed by atoms with Gasteiger partial charge in [-0.3, -0.25) is 0 Å². The second kappa shape index (κ2) is 7.23. The summed E-state index contributed by atoms with van der Waals surface area (Å²) in [7, 11) is -3.88. The number of halogens is 1. The highest BCUT2D eigenvalue weighted by molar-refractivity contribution is 7.98. The molecule has 4 nitrogen and oxygen atoms in total. The van der Waals surface area contributed by atoms with Crippen molar-refractivity contribution in [3.8, 4) is 0 Å². The maximum absolute atomic E-state index is 13.6. The normalized spacial score (nSPS) is 13.5. The lowest BCUT2D eigenvalue weighted by Crippen LogP contribution is -2.30. The molecule has 7 heteroatoms. The molecular weight excluding hydrogens is 289 g/mol. The Labute approximate surface area is 117 Å². The van der Waals surface area contributed by atoms with Crippen LogP contribution in [-0.4, -0.2) is 32.1 Å². The summed E-state index contributed by atoms with van der Waals surface area (Å²) in [5.41, 5.74) is 0.360. The smallest absolute Gasteiger partial charge is 0.243 e. The Morgan fingerprint density at radius 2 is 2.16 bits per heavy atom. The van der Waals surface area contributed by atoms with Crippen molar-refractivity contribution in [3.05, 3.63) is 29.6 Å². The third-order valence-corrected chi connectivity index (χ3v) is 4.88. The highest BCUT2D eigenvalue weighted by Crippen LogP contribution is 2.17. The van der Waals surface area contributed by atoms with E-state index in [4.69, 9.17) is 5.11 Å². The molecule has 0 fully saturated rings. The summed E-state index contributed by atoms with van der Waals surface area (Å²) < 4.78 is 39.9. The largest absolute Gasteiger partial charge is 0.392 e. The van der Waals surface area contributed by atoms with Crippen molar-refractivity contribution in [2.45, 2.75) is 18.4 Å². The van der Waals surface area contributed by atoms with E-state index in [1.54, 1.807) is 11.8 Å². The predicted molar refractivity (Wildman–Crippen MR) is 75.1 cm³/mol. The molecule has 0 aliphatic heterocycles. The summed E-state index contributed by atoms with van der Waals surface area (Å²) >= 11 is 1.62. The van der Waals surface area contributed by atoms with Crippen molar-refractivity contribution >= 4 is 21.8 Å². The predicted octanol–water partition coefficient (Wildman–Crippen LogP) is 1.60. The van der Waals surface area contributed by atoms with E-state index in [2.05, 4.69) is 4.72 Å². The molecule has 0 saturated carbocycles. The zero-order valence-electron chi connectivity index (χ0n) is 10.9. The van der Waals surface area contributed by atoms with Gasteiger partial charge in [0.2, 0.25) is 10.0 Å². The minimum atomic E-state index is -3.88. The zero-order chi connectivity index (χ0) is 14.5. The Morgan fingerprint density at radius 3 is 2.74 bits per heavy atom. The van der Waals surface area contributed by atoms with Crippen LogP contribution in [-0.2, 0) is 16.6 Å². The van der Waals surface area contributed by atoms with Crippen LogP contribution in [0.1, 0.15) is 12.5 Å². The van der Waals surface area contributed by atoms with Crippen LogP contribution in [0.4, 0.5) is 4.39 Å². The van der Waals surface area contributed by atoms with Gasteiger partial charge in [0.25, 0.3) is 0 Å². The van der Waals surface area contributed by atoms with Crippen LogP contribution >= 0.6 is 11.8 Å². The van der Waals surface area contributed by atoms with Crippen LogP contribution in [0.15, 0.2) is 23.1 Å². The molecule has 2 N–H and O–H groups in total. The molecule has 0 amide bonds. The topological polar surface area (TPSA) is 66.4 Å². The Kier molecular flexibility index (Phi) is 6.25. The van der Waals surface area contributed by atoms with E-state index in [0.29, 0.717) is 5.56 Å². The molecule has 1 aromatic carbocycles. The average molecular weight is 307 g/mol. The number of thioether (sulfide) groups is 1. The van der Waals surface area contributed by atoms with Crippen molar-refractivity contribution in [2.75, 3.05) is 18.6 Å². The van der Waals surface area contributed by atoms with E-state index in [1.165, 1.54) is 6.07 Å². The van der Waals surface area contributed by atoms with Gasteiger partial charge in [-0.1, -0.05) is 13.0 Å². The van der Waals surface area contributed by atoms with Crippen molar-refractivity contribution < 1.29 is 17.9 Å². The fraction of sp³-hybridized carbons (Fsp3) is 0.500. The number of sulfonamides is 1. The van der Waals surface area contributed by atoms with Crippen LogP contribution in [0.3, 0.4) is 0 Å². The van der Waals surface area contributed by atoms with Gasteiger partial charge in [0.1, 0.15) is 10.7 Å². The fourth-order valence-electron chi connectivity index (χ4n) is 1.53. The Morgan fingerprint density at radius 1 is 1.47 bits per heavy atom. The molecule has 0 heterocycles. The van der Waals surface area contributed by atoms with Crippen molar-refractivity contribution in [1.29, 1.82) is 0 Å². The van der Waals surface area contributed by atoms with Crippen LogP contribution in [0, 0.1) is 11.7 Å². The molecule has 1 atom stereocenters. The molecule has 0 aromatic heterocycles. The van der Waals surface area contributed by atoms with Gasteiger partial charge in [0.15, 0.2) is 0 Å². The third kappa shape index (κ3) is 4.76. The van der Waals surface area contributed by atoms with Gasteiger partial charge in [-0.2, -0.15) is 11.8 Å². The monoisotopic (exact) mass is 307 g/mol. The van der Waals surface area contributed by atoms with Gasteiger partial charge < -0.3 is 5.11 Å². The molecular formula is C12H18FNO3S2. The first kappa shape index (κ1) is 16.4. The Bertz CT molecular complexity index is 520. The molecule has 1 aromatic rings. The number of aliphatic hydroxyl groups excluding tert-OH is 1. The van der Waals surface area contributed by atoms with E-state index >= 15 is 0 Å². The van der Waals surface area contributed by atoms with Crippen molar-refractivity contribution in [2.24, 2.45) is 5.92 Å². The lowest BCUT2D eigenvalue weighted by molar-refractivity contribution is 0.281. The van der Waals surface area contributed by atoms with E-state index in [-0.39, 0.29) is 19.1 Å². The molecule has 0 aliphatic carbocycles. The number of rotatable bonds is 7. The molecule has 0 saturated heterocycles. The summed E-state index contributed by atoms with van der Waals surface area (Å²) in [5, 5.41) is 8.97. The SMILES string of the molecule is CSCC(C)CNS(=O)(=O)c1cc(CO)ccc1F. The van der Waals surface area contributed by atoms with Gasteiger partial charge in [0.05, 0.1) is 6.61 Å². The summed E-state index contributed by atoms with van der Waals surface area (Å²) in [6.45, 7) is 1.84.